The molecule has 3 aliphatic rings. The minimum atomic E-state index is -3.34. The molecule has 8 heteroatoms. The van der Waals surface area contributed by atoms with Gasteiger partial charge in [-0.2, -0.15) is 0 Å². The fraction of sp³-hybridized carbons (Fsp3) is 0.889. The van der Waals surface area contributed by atoms with Gasteiger partial charge >= 0.3 is 0 Å². The smallest absolute Gasteiger partial charge is 0.234 e. The van der Waals surface area contributed by atoms with Crippen molar-refractivity contribution in [2.24, 2.45) is 17.8 Å². The standard InChI is InChI=1S/C18H31N3O4S/c1-4-26(24,25)20-11-15-16(12-20)18(23)21(17(15)22)10-7-14-5-8-19(9-6-14)13(2)3/h13-16H,4-12H2,1-3H3/t15-,16+. The van der Waals surface area contributed by atoms with Crippen LogP contribution in [0.2, 0.25) is 0 Å². The molecule has 0 saturated carbocycles. The third-order valence-corrected chi connectivity index (χ3v) is 8.17. The molecule has 0 unspecified atom stereocenters. The van der Waals surface area contributed by atoms with Gasteiger partial charge in [0.05, 0.1) is 17.6 Å². The van der Waals surface area contributed by atoms with Crippen LogP contribution in [-0.2, 0) is 19.6 Å². The maximum absolute atomic E-state index is 12.6. The van der Waals surface area contributed by atoms with Gasteiger partial charge in [0, 0.05) is 25.7 Å². The van der Waals surface area contributed by atoms with Crippen molar-refractivity contribution in [2.75, 3.05) is 38.5 Å². The second kappa shape index (κ2) is 7.56. The molecule has 2 amide bonds. The quantitative estimate of drug-likeness (QED) is 0.631. The number of nitrogens with zero attached hydrogens (tertiary/aromatic N) is 3. The number of rotatable bonds is 6. The Hall–Kier alpha value is -0.990. The lowest BCUT2D eigenvalue weighted by atomic mass is 9.92. The molecule has 3 rings (SSSR count). The Balaban J connectivity index is 1.53. The van der Waals surface area contributed by atoms with Crippen molar-refractivity contribution in [3.63, 3.8) is 0 Å². The summed E-state index contributed by atoms with van der Waals surface area (Å²) in [6, 6.07) is 0.569. The van der Waals surface area contributed by atoms with E-state index in [1.54, 1.807) is 6.92 Å². The van der Waals surface area contributed by atoms with Crippen molar-refractivity contribution < 1.29 is 18.0 Å². The monoisotopic (exact) mass is 385 g/mol. The minimum absolute atomic E-state index is 0.00755. The van der Waals surface area contributed by atoms with Gasteiger partial charge in [0.2, 0.25) is 21.8 Å². The topological polar surface area (TPSA) is 78.0 Å². The number of sulfonamides is 1. The Morgan fingerprint density at radius 1 is 1.04 bits per heavy atom. The first-order chi connectivity index (χ1) is 12.2. The van der Waals surface area contributed by atoms with E-state index in [1.165, 1.54) is 9.21 Å². The summed E-state index contributed by atoms with van der Waals surface area (Å²) in [6.45, 7) is 8.98. The van der Waals surface area contributed by atoms with E-state index in [0.717, 1.165) is 32.4 Å². The molecule has 0 N–H and O–H groups in total. The van der Waals surface area contributed by atoms with Gasteiger partial charge in [0.1, 0.15) is 0 Å². The van der Waals surface area contributed by atoms with Crippen molar-refractivity contribution in [3.05, 3.63) is 0 Å². The lowest BCUT2D eigenvalue weighted by Gasteiger charge is -2.35. The number of imide groups is 1. The maximum atomic E-state index is 12.6. The van der Waals surface area contributed by atoms with E-state index in [0.29, 0.717) is 18.5 Å². The molecule has 3 saturated heterocycles. The largest absolute Gasteiger partial charge is 0.301 e. The molecule has 26 heavy (non-hydrogen) atoms. The first-order valence-electron chi connectivity index (χ1n) is 9.81. The highest BCUT2D eigenvalue weighted by atomic mass is 32.2. The van der Waals surface area contributed by atoms with Gasteiger partial charge in [-0.25, -0.2) is 12.7 Å². The zero-order chi connectivity index (χ0) is 19.1. The number of hydrogen-bond donors (Lipinski definition) is 0. The van der Waals surface area contributed by atoms with Crippen LogP contribution in [0.5, 0.6) is 0 Å². The molecule has 3 heterocycles. The fourth-order valence-electron chi connectivity index (χ4n) is 4.48. The van der Waals surface area contributed by atoms with Crippen molar-refractivity contribution in [1.29, 1.82) is 0 Å². The van der Waals surface area contributed by atoms with Crippen molar-refractivity contribution in [2.45, 2.75) is 46.1 Å². The lowest BCUT2D eigenvalue weighted by Crippen LogP contribution is -2.41. The SMILES string of the molecule is CCS(=O)(=O)N1C[C@@H]2C(=O)N(CCC3CCN(C(C)C)CC3)C(=O)[C@@H]2C1. The van der Waals surface area contributed by atoms with Crippen LogP contribution in [0, 0.1) is 17.8 Å². The summed E-state index contributed by atoms with van der Waals surface area (Å²) < 4.78 is 25.4. The van der Waals surface area contributed by atoms with E-state index >= 15 is 0 Å². The van der Waals surface area contributed by atoms with Crippen LogP contribution in [0.4, 0.5) is 0 Å². The van der Waals surface area contributed by atoms with E-state index in [-0.39, 0.29) is 30.7 Å². The molecular weight excluding hydrogens is 354 g/mol. The molecule has 0 bridgehead atoms. The molecule has 148 valence electrons. The average Bonchev–Trinajstić information content (AvgIpc) is 3.15. The van der Waals surface area contributed by atoms with E-state index < -0.39 is 21.9 Å². The van der Waals surface area contributed by atoms with Crippen LogP contribution >= 0.6 is 0 Å². The van der Waals surface area contributed by atoms with Crippen LogP contribution in [-0.4, -0.2) is 78.9 Å². The lowest BCUT2D eigenvalue weighted by molar-refractivity contribution is -0.140. The van der Waals surface area contributed by atoms with Gasteiger partial charge in [0.15, 0.2) is 0 Å². The van der Waals surface area contributed by atoms with E-state index in [9.17, 15) is 18.0 Å². The molecule has 0 radical (unpaired) electrons. The van der Waals surface area contributed by atoms with Gasteiger partial charge in [-0.05, 0) is 59.0 Å². The highest BCUT2D eigenvalue weighted by Gasteiger charge is 2.54. The molecule has 7 nitrogen and oxygen atoms in total. The van der Waals surface area contributed by atoms with Crippen LogP contribution in [0.15, 0.2) is 0 Å². The third-order valence-electron chi connectivity index (χ3n) is 6.35. The third kappa shape index (κ3) is 3.68. The number of carbonyl (C=O) groups is 2. The Morgan fingerprint density at radius 3 is 2.04 bits per heavy atom. The first kappa shape index (κ1) is 19.8. The summed E-state index contributed by atoms with van der Waals surface area (Å²) in [6.07, 6.45) is 3.09. The number of likely N-dealkylation sites (tertiary alicyclic amines) is 2. The molecule has 3 fully saturated rings. The zero-order valence-electron chi connectivity index (χ0n) is 16.1. The van der Waals surface area contributed by atoms with Crippen molar-refractivity contribution in [1.82, 2.24) is 14.1 Å². The normalized spacial score (nSPS) is 29.2. The molecule has 0 aromatic heterocycles. The summed E-state index contributed by atoms with van der Waals surface area (Å²) in [5.41, 5.74) is 0. The van der Waals surface area contributed by atoms with Crippen LogP contribution in [0.3, 0.4) is 0 Å². The van der Waals surface area contributed by atoms with Gasteiger partial charge in [-0.15, -0.1) is 0 Å². The van der Waals surface area contributed by atoms with E-state index in [4.69, 9.17) is 0 Å². The highest BCUT2D eigenvalue weighted by molar-refractivity contribution is 7.89. The molecule has 0 aliphatic carbocycles. The summed E-state index contributed by atoms with van der Waals surface area (Å²) >= 11 is 0. The number of hydrogen-bond acceptors (Lipinski definition) is 5. The van der Waals surface area contributed by atoms with Gasteiger partial charge in [-0.3, -0.25) is 14.5 Å². The summed E-state index contributed by atoms with van der Waals surface area (Å²) in [5.74, 6) is -0.740. The number of amides is 2. The summed E-state index contributed by atoms with van der Waals surface area (Å²) in [4.78, 5) is 29.2. The molecule has 0 aromatic rings. The zero-order valence-corrected chi connectivity index (χ0v) is 16.9. The van der Waals surface area contributed by atoms with E-state index in [2.05, 4.69) is 18.7 Å². The number of piperidine rings is 1. The van der Waals surface area contributed by atoms with Gasteiger partial charge < -0.3 is 4.90 Å². The maximum Gasteiger partial charge on any atom is 0.234 e. The van der Waals surface area contributed by atoms with Crippen molar-refractivity contribution in [3.8, 4) is 0 Å². The van der Waals surface area contributed by atoms with E-state index in [1.807, 2.05) is 0 Å². The Kier molecular flexibility index (Phi) is 5.75. The van der Waals surface area contributed by atoms with Crippen molar-refractivity contribution >= 4 is 21.8 Å². The van der Waals surface area contributed by atoms with Crippen LogP contribution in [0.1, 0.15) is 40.0 Å². The van der Waals surface area contributed by atoms with Crippen LogP contribution in [0.25, 0.3) is 0 Å². The fourth-order valence-corrected chi connectivity index (χ4v) is 5.62. The summed E-state index contributed by atoms with van der Waals surface area (Å²) in [7, 11) is -3.34. The predicted molar refractivity (Wildman–Crippen MR) is 98.8 cm³/mol. The summed E-state index contributed by atoms with van der Waals surface area (Å²) in [5, 5.41) is 0. The first-order valence-corrected chi connectivity index (χ1v) is 11.4. The predicted octanol–water partition coefficient (Wildman–Crippen LogP) is 0.763. The molecular formula is C18H31N3O4S. The number of carbonyl (C=O) groups excluding carboxylic acids is 2. The van der Waals surface area contributed by atoms with Gasteiger partial charge in [-0.1, -0.05) is 0 Å². The Morgan fingerprint density at radius 2 is 1.58 bits per heavy atom. The number of fused-ring (bicyclic) bond motifs is 1. The Labute approximate surface area is 156 Å². The second-order valence-corrected chi connectivity index (χ2v) is 10.4. The van der Waals surface area contributed by atoms with Crippen LogP contribution < -0.4 is 0 Å². The average molecular weight is 386 g/mol. The minimum Gasteiger partial charge on any atom is -0.301 e. The molecule has 2 atom stereocenters. The molecule has 0 spiro atoms. The highest BCUT2D eigenvalue weighted by Crippen LogP contribution is 2.35. The molecule has 3 aliphatic heterocycles. The molecule has 0 aromatic carbocycles. The second-order valence-electron chi connectivity index (χ2n) is 8.12. The Bertz CT molecular complexity index is 631. The van der Waals surface area contributed by atoms with Gasteiger partial charge in [0.25, 0.3) is 0 Å².